The number of carbonyl (C=O) groups is 1. The highest BCUT2D eigenvalue weighted by molar-refractivity contribution is 5.79. The van der Waals surface area contributed by atoms with Crippen molar-refractivity contribution >= 4 is 5.91 Å². The minimum atomic E-state index is 0.0302. The van der Waals surface area contributed by atoms with E-state index < -0.39 is 0 Å². The first-order chi connectivity index (χ1) is 8.50. The number of rotatable bonds is 6. The normalized spacial score (nSPS) is 28.4. The second-order valence-corrected chi connectivity index (χ2v) is 5.99. The van der Waals surface area contributed by atoms with Crippen LogP contribution in [-0.2, 0) is 4.79 Å². The molecule has 106 valence electrons. The van der Waals surface area contributed by atoms with E-state index in [4.69, 9.17) is 5.73 Å². The molecule has 0 aromatic carbocycles. The molecule has 3 atom stereocenters. The number of unbranched alkanes of at least 4 members (excludes halogenated alkanes) is 1. The quantitative estimate of drug-likeness (QED) is 0.701. The van der Waals surface area contributed by atoms with Gasteiger partial charge < -0.3 is 16.0 Å². The van der Waals surface area contributed by atoms with E-state index in [2.05, 4.69) is 31.2 Å². The zero-order valence-corrected chi connectivity index (χ0v) is 12.1. The third-order valence-corrected chi connectivity index (χ3v) is 3.83. The van der Waals surface area contributed by atoms with Gasteiger partial charge in [0.1, 0.15) is 0 Å². The van der Waals surface area contributed by atoms with Gasteiger partial charge in [0.05, 0.1) is 5.92 Å². The van der Waals surface area contributed by atoms with Crippen molar-refractivity contribution in [3.05, 3.63) is 0 Å². The van der Waals surface area contributed by atoms with E-state index in [0.717, 1.165) is 45.2 Å². The van der Waals surface area contributed by atoms with Crippen LogP contribution < -0.4 is 11.1 Å². The maximum Gasteiger partial charge on any atom is 0.224 e. The average molecular weight is 255 g/mol. The molecule has 0 aromatic heterocycles. The number of hydrogen-bond donors (Lipinski definition) is 2. The number of nitrogens with zero attached hydrogens (tertiary/aromatic N) is 1. The Morgan fingerprint density at radius 3 is 2.72 bits per heavy atom. The number of nitrogens with one attached hydrogen (secondary N) is 1. The Morgan fingerprint density at radius 1 is 1.33 bits per heavy atom. The zero-order chi connectivity index (χ0) is 13.5. The van der Waals surface area contributed by atoms with Gasteiger partial charge >= 0.3 is 0 Å². The van der Waals surface area contributed by atoms with Crippen LogP contribution in [0.1, 0.15) is 39.0 Å². The fourth-order valence-corrected chi connectivity index (χ4v) is 2.60. The maximum absolute atomic E-state index is 12.0. The van der Waals surface area contributed by atoms with E-state index >= 15 is 0 Å². The van der Waals surface area contributed by atoms with E-state index in [9.17, 15) is 4.79 Å². The predicted molar refractivity (Wildman–Crippen MR) is 75.3 cm³/mol. The molecule has 0 spiro atoms. The molecule has 1 aliphatic carbocycles. The molecule has 1 amide bonds. The fraction of sp³-hybridized carbons (Fsp3) is 0.929. The van der Waals surface area contributed by atoms with E-state index in [1.807, 2.05) is 0 Å². The summed E-state index contributed by atoms with van der Waals surface area (Å²) in [6, 6.07) is 0.0583. The van der Waals surface area contributed by atoms with Gasteiger partial charge in [-0.1, -0.05) is 6.92 Å². The molecule has 1 fully saturated rings. The first kappa shape index (κ1) is 15.4. The second kappa shape index (κ2) is 7.74. The number of nitrogens with two attached hydrogens (primary N) is 1. The Labute approximate surface area is 111 Å². The van der Waals surface area contributed by atoms with Crippen LogP contribution in [0.2, 0.25) is 0 Å². The van der Waals surface area contributed by atoms with Gasteiger partial charge in [0.2, 0.25) is 5.91 Å². The number of hydrogen-bond acceptors (Lipinski definition) is 3. The fourth-order valence-electron chi connectivity index (χ4n) is 2.60. The van der Waals surface area contributed by atoms with Crippen molar-refractivity contribution in [2.45, 2.75) is 45.1 Å². The molecule has 4 nitrogen and oxygen atoms in total. The van der Waals surface area contributed by atoms with Gasteiger partial charge in [-0.25, -0.2) is 0 Å². The van der Waals surface area contributed by atoms with Crippen LogP contribution in [0.4, 0.5) is 0 Å². The first-order valence-electron chi connectivity index (χ1n) is 7.18. The Balaban J connectivity index is 2.19. The standard InChI is InChI=1S/C14H29N3O/c1-11-6-7-13(15)12(10-11)14(18)16-8-4-5-9-17(2)3/h11-13H,4-10,15H2,1-3H3,(H,16,18). The van der Waals surface area contributed by atoms with Crippen LogP contribution in [-0.4, -0.2) is 44.0 Å². The van der Waals surface area contributed by atoms with Crippen molar-refractivity contribution in [1.82, 2.24) is 10.2 Å². The molecule has 0 radical (unpaired) electrons. The molecule has 0 bridgehead atoms. The summed E-state index contributed by atoms with van der Waals surface area (Å²) in [5.41, 5.74) is 6.04. The molecule has 1 saturated carbocycles. The van der Waals surface area contributed by atoms with Crippen molar-refractivity contribution in [3.8, 4) is 0 Å². The lowest BCUT2D eigenvalue weighted by Gasteiger charge is -2.31. The smallest absolute Gasteiger partial charge is 0.224 e. The van der Waals surface area contributed by atoms with Crippen molar-refractivity contribution in [2.75, 3.05) is 27.2 Å². The van der Waals surface area contributed by atoms with Crippen LogP contribution in [0.15, 0.2) is 0 Å². The van der Waals surface area contributed by atoms with Gasteiger partial charge in [-0.3, -0.25) is 4.79 Å². The summed E-state index contributed by atoms with van der Waals surface area (Å²) in [6.07, 6.45) is 5.26. The maximum atomic E-state index is 12.0. The summed E-state index contributed by atoms with van der Waals surface area (Å²) in [4.78, 5) is 14.2. The highest BCUT2D eigenvalue weighted by Gasteiger charge is 2.31. The number of amides is 1. The largest absolute Gasteiger partial charge is 0.356 e. The van der Waals surface area contributed by atoms with Crippen LogP contribution in [0.3, 0.4) is 0 Å². The third-order valence-electron chi connectivity index (χ3n) is 3.83. The van der Waals surface area contributed by atoms with Gasteiger partial charge in [-0.2, -0.15) is 0 Å². The van der Waals surface area contributed by atoms with Crippen molar-refractivity contribution in [1.29, 1.82) is 0 Å². The van der Waals surface area contributed by atoms with Crippen molar-refractivity contribution < 1.29 is 4.79 Å². The lowest BCUT2D eigenvalue weighted by Crippen LogP contribution is -2.45. The SMILES string of the molecule is CC1CCC(N)C(C(=O)NCCCCN(C)C)C1. The Bertz CT molecular complexity index is 255. The minimum Gasteiger partial charge on any atom is -0.356 e. The molecule has 0 saturated heterocycles. The molecule has 0 aliphatic heterocycles. The summed E-state index contributed by atoms with van der Waals surface area (Å²) >= 11 is 0. The molecular weight excluding hydrogens is 226 g/mol. The van der Waals surface area contributed by atoms with E-state index in [1.54, 1.807) is 0 Å². The molecule has 0 aromatic rings. The van der Waals surface area contributed by atoms with Crippen LogP contribution in [0.5, 0.6) is 0 Å². The third kappa shape index (κ3) is 5.36. The Hall–Kier alpha value is -0.610. The number of carbonyl (C=O) groups excluding carboxylic acids is 1. The van der Waals surface area contributed by atoms with Gasteiger partial charge in [0, 0.05) is 12.6 Å². The van der Waals surface area contributed by atoms with Gasteiger partial charge in [-0.15, -0.1) is 0 Å². The summed E-state index contributed by atoms with van der Waals surface area (Å²) in [5.74, 6) is 0.829. The van der Waals surface area contributed by atoms with Crippen molar-refractivity contribution in [2.24, 2.45) is 17.6 Å². The van der Waals surface area contributed by atoms with Crippen LogP contribution >= 0.6 is 0 Å². The first-order valence-corrected chi connectivity index (χ1v) is 7.18. The predicted octanol–water partition coefficient (Wildman–Crippen LogP) is 1.21. The highest BCUT2D eigenvalue weighted by Crippen LogP contribution is 2.27. The highest BCUT2D eigenvalue weighted by atomic mass is 16.1. The second-order valence-electron chi connectivity index (χ2n) is 5.99. The molecule has 1 rings (SSSR count). The Kier molecular flexibility index (Phi) is 6.65. The Morgan fingerprint density at radius 2 is 2.06 bits per heavy atom. The minimum absolute atomic E-state index is 0.0302. The average Bonchev–Trinajstić information content (AvgIpc) is 2.31. The lowest BCUT2D eigenvalue weighted by atomic mass is 9.79. The van der Waals surface area contributed by atoms with Crippen LogP contribution in [0.25, 0.3) is 0 Å². The van der Waals surface area contributed by atoms with Crippen LogP contribution in [0, 0.1) is 11.8 Å². The molecular formula is C14H29N3O. The summed E-state index contributed by atoms with van der Waals surface area (Å²) in [5, 5.41) is 3.04. The molecule has 3 N–H and O–H groups in total. The van der Waals surface area contributed by atoms with Gasteiger partial charge in [0.25, 0.3) is 0 Å². The molecule has 3 unspecified atom stereocenters. The van der Waals surface area contributed by atoms with Gasteiger partial charge in [-0.05, 0) is 58.7 Å². The molecule has 1 aliphatic rings. The molecule has 18 heavy (non-hydrogen) atoms. The summed E-state index contributed by atoms with van der Waals surface area (Å²) in [7, 11) is 4.14. The zero-order valence-electron chi connectivity index (χ0n) is 12.1. The molecule has 0 heterocycles. The molecule has 4 heteroatoms. The monoisotopic (exact) mass is 255 g/mol. The lowest BCUT2D eigenvalue weighted by molar-refractivity contribution is -0.126. The van der Waals surface area contributed by atoms with E-state index in [1.165, 1.54) is 0 Å². The van der Waals surface area contributed by atoms with Crippen molar-refractivity contribution in [3.63, 3.8) is 0 Å². The summed E-state index contributed by atoms with van der Waals surface area (Å²) in [6.45, 7) is 4.07. The topological polar surface area (TPSA) is 58.4 Å². The van der Waals surface area contributed by atoms with Gasteiger partial charge in [0.15, 0.2) is 0 Å². The summed E-state index contributed by atoms with van der Waals surface area (Å²) < 4.78 is 0. The van der Waals surface area contributed by atoms with E-state index in [0.29, 0.717) is 5.92 Å². The van der Waals surface area contributed by atoms with E-state index in [-0.39, 0.29) is 17.9 Å².